The Labute approximate surface area is 170 Å². The Hall–Kier alpha value is -2.40. The zero-order valence-corrected chi connectivity index (χ0v) is 16.1. The second-order valence-electron chi connectivity index (χ2n) is 6.02. The summed E-state index contributed by atoms with van der Waals surface area (Å²) < 4.78 is 1.95. The summed E-state index contributed by atoms with van der Waals surface area (Å²) in [5.41, 5.74) is 2.97. The van der Waals surface area contributed by atoms with Crippen LogP contribution in [0.1, 0.15) is 21.5 Å². The zero-order valence-electron chi connectivity index (χ0n) is 13.9. The van der Waals surface area contributed by atoms with Crippen molar-refractivity contribution in [3.05, 3.63) is 92.8 Å². The molecule has 4 aromatic rings. The average molecular weight is 417 g/mol. The second kappa shape index (κ2) is 7.31. The maximum absolute atomic E-state index is 12.5. The summed E-state index contributed by atoms with van der Waals surface area (Å²) in [4.78, 5) is 12.5. The van der Waals surface area contributed by atoms with Gasteiger partial charge < -0.3 is 4.57 Å². The molecule has 0 unspecified atom stereocenters. The summed E-state index contributed by atoms with van der Waals surface area (Å²) in [5.74, 6) is -0.0465. The lowest BCUT2D eigenvalue weighted by Gasteiger charge is -2.08. The van der Waals surface area contributed by atoms with Gasteiger partial charge in [-0.25, -0.2) is 0 Å². The number of carbonyl (C=O) groups excluding carboxylic acids is 1. The van der Waals surface area contributed by atoms with Gasteiger partial charge in [0.15, 0.2) is 16.1 Å². The first kappa shape index (κ1) is 18.0. The summed E-state index contributed by atoms with van der Waals surface area (Å²) in [5, 5.41) is 9.66. The summed E-state index contributed by atoms with van der Waals surface area (Å²) in [7, 11) is 0. The molecule has 134 valence electrons. The predicted molar refractivity (Wildman–Crippen MR) is 108 cm³/mol. The van der Waals surface area contributed by atoms with Crippen LogP contribution in [-0.2, 0) is 6.54 Å². The molecule has 27 heavy (non-hydrogen) atoms. The van der Waals surface area contributed by atoms with Crippen LogP contribution in [0.5, 0.6) is 0 Å². The van der Waals surface area contributed by atoms with Gasteiger partial charge in [-0.3, -0.25) is 4.79 Å². The van der Waals surface area contributed by atoms with Crippen LogP contribution in [0.15, 0.2) is 60.8 Å². The fraction of sp³-hybridized carbons (Fsp3) is 0.0500. The van der Waals surface area contributed by atoms with Crippen LogP contribution in [0.25, 0.3) is 10.9 Å². The monoisotopic (exact) mass is 415 g/mol. The van der Waals surface area contributed by atoms with Crippen LogP contribution in [0.2, 0.25) is 15.3 Å². The molecular formula is C20H12Cl3N3O. The number of carbonyl (C=O) groups is 1. The zero-order chi connectivity index (χ0) is 19.0. The van der Waals surface area contributed by atoms with E-state index >= 15 is 0 Å². The normalized spacial score (nSPS) is 11.1. The maximum Gasteiger partial charge on any atom is 0.193 e. The molecule has 0 saturated carbocycles. The van der Waals surface area contributed by atoms with Crippen molar-refractivity contribution < 1.29 is 4.79 Å². The number of benzene rings is 2. The molecule has 0 saturated heterocycles. The van der Waals surface area contributed by atoms with Gasteiger partial charge in [-0.2, -0.15) is 0 Å². The number of fused-ring (bicyclic) bond motifs is 1. The van der Waals surface area contributed by atoms with Crippen LogP contribution >= 0.6 is 34.8 Å². The van der Waals surface area contributed by atoms with Gasteiger partial charge in [0.2, 0.25) is 0 Å². The van der Waals surface area contributed by atoms with Crippen molar-refractivity contribution in [1.29, 1.82) is 0 Å². The molecular weight excluding hydrogens is 405 g/mol. The molecule has 4 rings (SSSR count). The highest BCUT2D eigenvalue weighted by atomic mass is 35.5. The number of aromatic nitrogens is 3. The van der Waals surface area contributed by atoms with Crippen molar-refractivity contribution in [1.82, 2.24) is 14.8 Å². The summed E-state index contributed by atoms with van der Waals surface area (Å²) in [6, 6.07) is 16.2. The van der Waals surface area contributed by atoms with Crippen molar-refractivity contribution in [2.45, 2.75) is 6.54 Å². The number of halogens is 3. The van der Waals surface area contributed by atoms with Gasteiger partial charge in [-0.1, -0.05) is 59.1 Å². The average Bonchev–Trinajstić information content (AvgIpc) is 3.10. The van der Waals surface area contributed by atoms with Crippen molar-refractivity contribution in [2.24, 2.45) is 0 Å². The quantitative estimate of drug-likeness (QED) is 0.403. The summed E-state index contributed by atoms with van der Waals surface area (Å²) >= 11 is 18.1. The molecule has 0 N–H and O–H groups in total. The molecule has 0 aliphatic heterocycles. The third-order valence-corrected chi connectivity index (χ3v) is 5.07. The van der Waals surface area contributed by atoms with Gasteiger partial charge in [-0.15, -0.1) is 10.2 Å². The van der Waals surface area contributed by atoms with E-state index in [-0.39, 0.29) is 5.78 Å². The standard InChI is InChI=1S/C20H12Cl3N3O/c21-15-7-5-14(6-8-15)18(27)13-3-1-12(2-4-13)11-26-10-9-16-17(26)20(23)25-24-19(16)22/h1-10H,11H2. The van der Waals surface area contributed by atoms with E-state index in [1.807, 2.05) is 41.1 Å². The Kier molecular flexibility index (Phi) is 4.87. The SMILES string of the molecule is O=C(c1ccc(Cl)cc1)c1ccc(Cn2ccc3c(Cl)nnc(Cl)c32)cc1. The molecule has 0 spiro atoms. The second-order valence-corrected chi connectivity index (χ2v) is 7.17. The van der Waals surface area contributed by atoms with Gasteiger partial charge in [0.1, 0.15) is 0 Å². The lowest BCUT2D eigenvalue weighted by atomic mass is 10.0. The van der Waals surface area contributed by atoms with E-state index in [2.05, 4.69) is 10.2 Å². The van der Waals surface area contributed by atoms with Crippen LogP contribution in [0, 0.1) is 0 Å². The van der Waals surface area contributed by atoms with E-state index < -0.39 is 0 Å². The highest BCUT2D eigenvalue weighted by molar-refractivity contribution is 6.38. The Morgan fingerprint density at radius 2 is 1.41 bits per heavy atom. The van der Waals surface area contributed by atoms with Gasteiger partial charge in [0.05, 0.1) is 5.52 Å². The summed E-state index contributed by atoms with van der Waals surface area (Å²) in [6.45, 7) is 0.570. The molecule has 0 radical (unpaired) electrons. The molecule has 0 fully saturated rings. The highest BCUT2D eigenvalue weighted by Crippen LogP contribution is 2.27. The van der Waals surface area contributed by atoms with Gasteiger partial charge in [-0.05, 0) is 35.9 Å². The number of ketones is 1. The van der Waals surface area contributed by atoms with Crippen molar-refractivity contribution in [2.75, 3.05) is 0 Å². The Morgan fingerprint density at radius 3 is 2.07 bits per heavy atom. The van der Waals surface area contributed by atoms with Crippen LogP contribution < -0.4 is 0 Å². The third kappa shape index (κ3) is 3.56. The van der Waals surface area contributed by atoms with E-state index in [1.54, 1.807) is 24.3 Å². The fourth-order valence-corrected chi connectivity index (χ4v) is 3.48. The van der Waals surface area contributed by atoms with Crippen LogP contribution in [0.4, 0.5) is 0 Å². The molecule has 2 aromatic heterocycles. The van der Waals surface area contributed by atoms with Gasteiger partial charge in [0, 0.05) is 34.3 Å². The minimum absolute atomic E-state index is 0.0465. The lowest BCUT2D eigenvalue weighted by Crippen LogP contribution is -2.03. The van der Waals surface area contributed by atoms with E-state index in [9.17, 15) is 4.79 Å². The molecule has 0 aliphatic carbocycles. The molecule has 0 aliphatic rings. The topological polar surface area (TPSA) is 47.8 Å². The Balaban J connectivity index is 1.59. The van der Waals surface area contributed by atoms with Gasteiger partial charge in [0.25, 0.3) is 0 Å². The van der Waals surface area contributed by atoms with Crippen molar-refractivity contribution in [3.8, 4) is 0 Å². The number of hydrogen-bond acceptors (Lipinski definition) is 3. The molecule has 0 atom stereocenters. The highest BCUT2D eigenvalue weighted by Gasteiger charge is 2.12. The molecule has 2 heterocycles. The molecule has 2 aromatic carbocycles. The van der Waals surface area contributed by atoms with Crippen molar-refractivity contribution >= 4 is 51.5 Å². The number of nitrogens with zero attached hydrogens (tertiary/aromatic N) is 3. The maximum atomic E-state index is 12.5. The third-order valence-electron chi connectivity index (χ3n) is 4.28. The molecule has 4 nitrogen and oxygen atoms in total. The first-order valence-corrected chi connectivity index (χ1v) is 9.22. The minimum Gasteiger partial charge on any atom is -0.340 e. The van der Waals surface area contributed by atoms with E-state index in [0.717, 1.165) is 16.5 Å². The molecule has 0 amide bonds. The van der Waals surface area contributed by atoms with Crippen LogP contribution in [0.3, 0.4) is 0 Å². The van der Waals surface area contributed by atoms with Crippen molar-refractivity contribution in [3.63, 3.8) is 0 Å². The van der Waals surface area contributed by atoms with Crippen LogP contribution in [-0.4, -0.2) is 20.5 Å². The first-order chi connectivity index (χ1) is 13.0. The largest absolute Gasteiger partial charge is 0.340 e. The molecule has 0 bridgehead atoms. The minimum atomic E-state index is -0.0465. The van der Waals surface area contributed by atoms with E-state index in [4.69, 9.17) is 34.8 Å². The van der Waals surface area contributed by atoms with E-state index in [1.165, 1.54) is 0 Å². The number of hydrogen-bond donors (Lipinski definition) is 0. The predicted octanol–water partition coefficient (Wildman–Crippen LogP) is 5.67. The fourth-order valence-electron chi connectivity index (χ4n) is 2.92. The van der Waals surface area contributed by atoms with Gasteiger partial charge >= 0.3 is 0 Å². The number of rotatable bonds is 4. The Bertz CT molecular complexity index is 1140. The molecule has 7 heteroatoms. The summed E-state index contributed by atoms with van der Waals surface area (Å²) in [6.07, 6.45) is 1.89. The lowest BCUT2D eigenvalue weighted by molar-refractivity contribution is 0.103. The smallest absolute Gasteiger partial charge is 0.193 e. The Morgan fingerprint density at radius 1 is 0.815 bits per heavy atom. The van der Waals surface area contributed by atoms with E-state index in [0.29, 0.717) is 33.0 Å². The first-order valence-electron chi connectivity index (χ1n) is 8.08.